The maximum Gasteiger partial charge on any atom is 0.330 e. The van der Waals surface area contributed by atoms with Crippen molar-refractivity contribution in [2.24, 2.45) is 18.4 Å². The Labute approximate surface area is 93.8 Å². The van der Waals surface area contributed by atoms with E-state index in [1.165, 1.54) is 17.3 Å². The summed E-state index contributed by atoms with van der Waals surface area (Å²) < 4.78 is 1.46. The Morgan fingerprint density at radius 1 is 1.75 bits per heavy atom. The third-order valence-corrected chi connectivity index (χ3v) is 3.24. The first-order valence-electron chi connectivity index (χ1n) is 5.32. The van der Waals surface area contributed by atoms with Crippen LogP contribution < -0.4 is 5.32 Å². The fourth-order valence-electron chi connectivity index (χ4n) is 1.88. The van der Waals surface area contributed by atoms with Crippen molar-refractivity contribution in [3.05, 3.63) is 16.3 Å². The summed E-state index contributed by atoms with van der Waals surface area (Å²) in [6, 6.07) is 0. The van der Waals surface area contributed by atoms with Crippen molar-refractivity contribution in [1.29, 1.82) is 0 Å². The van der Waals surface area contributed by atoms with Gasteiger partial charge < -0.3 is 5.32 Å². The van der Waals surface area contributed by atoms with E-state index >= 15 is 0 Å². The van der Waals surface area contributed by atoms with Gasteiger partial charge >= 0.3 is 5.69 Å². The molecule has 1 N–H and O–H groups in total. The molecule has 2 rings (SSSR count). The maximum absolute atomic E-state index is 10.7. The lowest BCUT2D eigenvalue weighted by atomic mass is 10.1. The molecule has 1 aliphatic rings. The molecule has 1 aliphatic carbocycles. The molecule has 6 heteroatoms. The first-order chi connectivity index (χ1) is 7.40. The fourth-order valence-corrected chi connectivity index (χ4v) is 1.88. The molecule has 1 unspecified atom stereocenters. The van der Waals surface area contributed by atoms with Crippen LogP contribution in [-0.4, -0.2) is 21.2 Å². The van der Waals surface area contributed by atoms with Gasteiger partial charge in [0.05, 0.1) is 4.92 Å². The number of rotatable bonds is 4. The van der Waals surface area contributed by atoms with Crippen molar-refractivity contribution in [1.82, 2.24) is 9.78 Å². The third-order valence-electron chi connectivity index (χ3n) is 3.24. The molecule has 0 aliphatic heterocycles. The molecule has 0 aromatic carbocycles. The zero-order valence-electron chi connectivity index (χ0n) is 9.73. The molecule has 6 nitrogen and oxygen atoms in total. The molecule has 1 aromatic heterocycles. The Bertz CT molecular complexity index is 424. The van der Waals surface area contributed by atoms with Crippen LogP contribution in [0, 0.1) is 21.4 Å². The van der Waals surface area contributed by atoms with Crippen molar-refractivity contribution in [2.75, 3.05) is 11.9 Å². The van der Waals surface area contributed by atoms with E-state index in [4.69, 9.17) is 0 Å². The highest BCUT2D eigenvalue weighted by Crippen LogP contribution is 2.51. The van der Waals surface area contributed by atoms with Crippen LogP contribution in [0.3, 0.4) is 0 Å². The molecular formula is C10H16N4O2. The second-order valence-corrected chi connectivity index (χ2v) is 5.06. The standard InChI is InChI=1S/C10H16N4O2/c1-10(2)4-7(10)5-11-9-8(14(15)16)6-13(3)12-9/h6-7H,4-5H2,1-3H3,(H,11,12). The normalized spacial score (nSPS) is 21.8. The fraction of sp³-hybridized carbons (Fsp3) is 0.700. The maximum atomic E-state index is 10.7. The SMILES string of the molecule is Cn1cc([N+](=O)[O-])c(NCC2CC2(C)C)n1. The molecule has 16 heavy (non-hydrogen) atoms. The highest BCUT2D eigenvalue weighted by atomic mass is 16.6. The Hall–Kier alpha value is -1.59. The molecule has 0 spiro atoms. The van der Waals surface area contributed by atoms with E-state index in [1.54, 1.807) is 7.05 Å². The molecule has 0 radical (unpaired) electrons. The van der Waals surface area contributed by atoms with Gasteiger partial charge in [-0.25, -0.2) is 0 Å². The predicted molar refractivity (Wildman–Crippen MR) is 60.2 cm³/mol. The minimum atomic E-state index is -0.409. The molecule has 1 aromatic rings. The number of hydrogen-bond donors (Lipinski definition) is 1. The van der Waals surface area contributed by atoms with E-state index in [1.807, 2.05) is 0 Å². The number of nitrogens with one attached hydrogen (secondary N) is 1. The van der Waals surface area contributed by atoms with Crippen molar-refractivity contribution < 1.29 is 4.92 Å². The zero-order chi connectivity index (χ0) is 11.9. The summed E-state index contributed by atoms with van der Waals surface area (Å²) in [6.07, 6.45) is 2.58. The van der Waals surface area contributed by atoms with Gasteiger partial charge in [0.2, 0.25) is 5.82 Å². The van der Waals surface area contributed by atoms with Gasteiger partial charge in [0, 0.05) is 13.6 Å². The van der Waals surface area contributed by atoms with Crippen molar-refractivity contribution in [3.63, 3.8) is 0 Å². The number of nitrogens with zero attached hydrogens (tertiary/aromatic N) is 3. The van der Waals surface area contributed by atoms with Crippen LogP contribution in [0.4, 0.5) is 11.5 Å². The number of aromatic nitrogens is 2. The van der Waals surface area contributed by atoms with Crippen LogP contribution in [0.15, 0.2) is 6.20 Å². The molecule has 1 saturated carbocycles. The Morgan fingerprint density at radius 2 is 2.38 bits per heavy atom. The smallest absolute Gasteiger partial charge is 0.330 e. The molecule has 1 fully saturated rings. The van der Waals surface area contributed by atoms with Gasteiger partial charge in [-0.1, -0.05) is 13.8 Å². The number of hydrogen-bond acceptors (Lipinski definition) is 4. The van der Waals surface area contributed by atoms with Crippen LogP contribution in [0.25, 0.3) is 0 Å². The topological polar surface area (TPSA) is 73.0 Å². The summed E-state index contributed by atoms with van der Waals surface area (Å²) in [5, 5.41) is 17.8. The highest BCUT2D eigenvalue weighted by molar-refractivity contribution is 5.54. The second-order valence-electron chi connectivity index (χ2n) is 5.06. The first-order valence-corrected chi connectivity index (χ1v) is 5.32. The van der Waals surface area contributed by atoms with Crippen molar-refractivity contribution >= 4 is 11.5 Å². The minimum absolute atomic E-state index is 0.0426. The summed E-state index contributed by atoms with van der Waals surface area (Å²) >= 11 is 0. The largest absolute Gasteiger partial charge is 0.363 e. The van der Waals surface area contributed by atoms with E-state index in [0.717, 1.165) is 6.54 Å². The van der Waals surface area contributed by atoms with Crippen molar-refractivity contribution in [2.45, 2.75) is 20.3 Å². The van der Waals surface area contributed by atoms with E-state index in [2.05, 4.69) is 24.3 Å². The van der Waals surface area contributed by atoms with E-state index in [9.17, 15) is 10.1 Å². The van der Waals surface area contributed by atoms with Crippen LogP contribution in [-0.2, 0) is 7.05 Å². The molecule has 0 amide bonds. The summed E-state index contributed by atoms with van der Waals surface area (Å²) in [5.41, 5.74) is 0.414. The Balaban J connectivity index is 2.01. The summed E-state index contributed by atoms with van der Waals surface area (Å²) in [6.45, 7) is 5.16. The van der Waals surface area contributed by atoms with E-state index in [-0.39, 0.29) is 5.69 Å². The van der Waals surface area contributed by atoms with Crippen LogP contribution in [0.5, 0.6) is 0 Å². The predicted octanol–water partition coefficient (Wildman–Crippen LogP) is 1.79. The van der Waals surface area contributed by atoms with E-state index in [0.29, 0.717) is 17.2 Å². The van der Waals surface area contributed by atoms with Crippen LogP contribution in [0.2, 0.25) is 0 Å². The molecule has 88 valence electrons. The van der Waals surface area contributed by atoms with Gasteiger partial charge in [0.1, 0.15) is 6.20 Å². The Kier molecular flexibility index (Phi) is 2.36. The van der Waals surface area contributed by atoms with Gasteiger partial charge in [0.15, 0.2) is 0 Å². The van der Waals surface area contributed by atoms with Crippen LogP contribution in [0.1, 0.15) is 20.3 Å². The Morgan fingerprint density at radius 3 is 2.88 bits per heavy atom. The quantitative estimate of drug-likeness (QED) is 0.625. The average molecular weight is 224 g/mol. The lowest BCUT2D eigenvalue weighted by Crippen LogP contribution is -2.09. The molecule has 0 bridgehead atoms. The van der Waals surface area contributed by atoms with Gasteiger partial charge in [-0.3, -0.25) is 14.8 Å². The highest BCUT2D eigenvalue weighted by Gasteiger charge is 2.45. The van der Waals surface area contributed by atoms with Gasteiger partial charge in [0.25, 0.3) is 0 Å². The van der Waals surface area contributed by atoms with Gasteiger partial charge in [-0.2, -0.15) is 0 Å². The van der Waals surface area contributed by atoms with E-state index < -0.39 is 4.92 Å². The van der Waals surface area contributed by atoms with Gasteiger partial charge in [-0.15, -0.1) is 5.10 Å². The lowest BCUT2D eigenvalue weighted by Gasteiger charge is -2.04. The lowest BCUT2D eigenvalue weighted by molar-refractivity contribution is -0.384. The number of aryl methyl sites for hydroxylation is 1. The summed E-state index contributed by atoms with van der Waals surface area (Å²) in [4.78, 5) is 10.3. The molecule has 1 heterocycles. The zero-order valence-corrected chi connectivity index (χ0v) is 9.73. The average Bonchev–Trinajstić information content (AvgIpc) is 2.60. The molecular weight excluding hydrogens is 208 g/mol. The monoisotopic (exact) mass is 224 g/mol. The minimum Gasteiger partial charge on any atom is -0.363 e. The summed E-state index contributed by atoms with van der Waals surface area (Å²) in [7, 11) is 1.68. The first kappa shape index (κ1) is 10.9. The molecule has 1 atom stereocenters. The second kappa shape index (κ2) is 3.47. The number of nitro groups is 1. The third kappa shape index (κ3) is 2.00. The summed E-state index contributed by atoms with van der Waals surface area (Å²) in [5.74, 6) is 0.962. The number of anilines is 1. The van der Waals surface area contributed by atoms with Crippen molar-refractivity contribution in [3.8, 4) is 0 Å². The van der Waals surface area contributed by atoms with Gasteiger partial charge in [-0.05, 0) is 17.8 Å². The molecule has 0 saturated heterocycles. The van der Waals surface area contributed by atoms with Crippen LogP contribution >= 0.6 is 0 Å².